The molecule has 0 aliphatic carbocycles. The molecule has 1 aromatic rings. The summed E-state index contributed by atoms with van der Waals surface area (Å²) < 4.78 is 0. The summed E-state index contributed by atoms with van der Waals surface area (Å²) in [5.41, 5.74) is 0.259. The standard InChI is InChI=1S/C15H24N2O3/c1-10(2)5-12(9-17(3)4)16-15(20)11-6-13(18)8-14(19)7-11/h6-8,10,12,18-19H,5,9H2,1-4H3,(H,16,20). The van der Waals surface area contributed by atoms with Crippen molar-refractivity contribution in [2.45, 2.75) is 26.3 Å². The molecule has 1 amide bonds. The van der Waals surface area contributed by atoms with Gasteiger partial charge in [-0.1, -0.05) is 13.8 Å². The minimum Gasteiger partial charge on any atom is -0.508 e. The summed E-state index contributed by atoms with van der Waals surface area (Å²) in [6.07, 6.45) is 0.870. The van der Waals surface area contributed by atoms with Gasteiger partial charge in [0.15, 0.2) is 0 Å². The Morgan fingerprint density at radius 2 is 1.75 bits per heavy atom. The number of rotatable bonds is 6. The maximum Gasteiger partial charge on any atom is 0.251 e. The van der Waals surface area contributed by atoms with Crippen molar-refractivity contribution in [2.24, 2.45) is 5.92 Å². The SMILES string of the molecule is CC(C)CC(CN(C)C)NC(=O)c1cc(O)cc(O)c1. The van der Waals surface area contributed by atoms with Crippen molar-refractivity contribution in [2.75, 3.05) is 20.6 Å². The van der Waals surface area contributed by atoms with E-state index in [-0.39, 0.29) is 29.0 Å². The van der Waals surface area contributed by atoms with E-state index in [9.17, 15) is 15.0 Å². The first kappa shape index (κ1) is 16.3. The molecule has 112 valence electrons. The Labute approximate surface area is 120 Å². The highest BCUT2D eigenvalue weighted by molar-refractivity contribution is 5.95. The second kappa shape index (κ2) is 7.14. The van der Waals surface area contributed by atoms with E-state index in [0.717, 1.165) is 13.0 Å². The fourth-order valence-corrected chi connectivity index (χ4v) is 2.18. The molecule has 0 saturated carbocycles. The lowest BCUT2D eigenvalue weighted by Crippen LogP contribution is -2.42. The van der Waals surface area contributed by atoms with Gasteiger partial charge >= 0.3 is 0 Å². The molecular weight excluding hydrogens is 256 g/mol. The van der Waals surface area contributed by atoms with Gasteiger partial charge in [0.2, 0.25) is 0 Å². The second-order valence-electron chi connectivity index (χ2n) is 5.80. The van der Waals surface area contributed by atoms with Crippen molar-refractivity contribution in [1.29, 1.82) is 0 Å². The van der Waals surface area contributed by atoms with Crippen LogP contribution in [0.15, 0.2) is 18.2 Å². The Balaban J connectivity index is 2.78. The highest BCUT2D eigenvalue weighted by atomic mass is 16.3. The summed E-state index contributed by atoms with van der Waals surface area (Å²) in [4.78, 5) is 14.2. The van der Waals surface area contributed by atoms with E-state index >= 15 is 0 Å². The molecule has 5 heteroatoms. The quantitative estimate of drug-likeness (QED) is 0.743. The van der Waals surface area contributed by atoms with Crippen molar-refractivity contribution >= 4 is 5.91 Å². The third-order valence-corrected chi connectivity index (χ3v) is 2.84. The van der Waals surface area contributed by atoms with Gasteiger partial charge in [-0.25, -0.2) is 0 Å². The van der Waals surface area contributed by atoms with Crippen LogP contribution in [0.5, 0.6) is 11.5 Å². The minimum atomic E-state index is -0.288. The van der Waals surface area contributed by atoms with E-state index in [0.29, 0.717) is 5.92 Å². The maximum atomic E-state index is 12.2. The van der Waals surface area contributed by atoms with Crippen molar-refractivity contribution < 1.29 is 15.0 Å². The Morgan fingerprint density at radius 1 is 1.20 bits per heavy atom. The van der Waals surface area contributed by atoms with Crippen LogP contribution < -0.4 is 5.32 Å². The fourth-order valence-electron chi connectivity index (χ4n) is 2.18. The number of nitrogens with one attached hydrogen (secondary N) is 1. The topological polar surface area (TPSA) is 72.8 Å². The number of aromatic hydroxyl groups is 2. The third kappa shape index (κ3) is 5.48. The first-order valence-corrected chi connectivity index (χ1v) is 6.76. The zero-order chi connectivity index (χ0) is 15.3. The molecule has 1 atom stereocenters. The molecule has 0 saturated heterocycles. The highest BCUT2D eigenvalue weighted by Gasteiger charge is 2.17. The first-order chi connectivity index (χ1) is 9.27. The lowest BCUT2D eigenvalue weighted by atomic mass is 10.0. The zero-order valence-corrected chi connectivity index (χ0v) is 12.6. The van der Waals surface area contributed by atoms with E-state index in [1.165, 1.54) is 18.2 Å². The summed E-state index contributed by atoms with van der Waals surface area (Å²) in [6, 6.07) is 3.92. The number of carbonyl (C=O) groups excluding carboxylic acids is 1. The third-order valence-electron chi connectivity index (χ3n) is 2.84. The molecule has 1 unspecified atom stereocenters. The summed E-state index contributed by atoms with van der Waals surface area (Å²) >= 11 is 0. The average molecular weight is 280 g/mol. The number of benzene rings is 1. The van der Waals surface area contributed by atoms with E-state index in [1.54, 1.807) is 0 Å². The predicted octanol–water partition coefficient (Wildman–Crippen LogP) is 1.80. The van der Waals surface area contributed by atoms with Crippen molar-refractivity contribution in [3.8, 4) is 11.5 Å². The number of hydrogen-bond donors (Lipinski definition) is 3. The van der Waals surface area contributed by atoms with Crippen LogP contribution in [0.3, 0.4) is 0 Å². The normalized spacial score (nSPS) is 12.7. The van der Waals surface area contributed by atoms with Crippen LogP contribution in [0.1, 0.15) is 30.6 Å². The fraction of sp³-hybridized carbons (Fsp3) is 0.533. The molecular formula is C15H24N2O3. The summed E-state index contributed by atoms with van der Waals surface area (Å²) in [6.45, 7) is 4.96. The number of likely N-dealkylation sites (N-methyl/N-ethyl adjacent to an activating group) is 1. The number of phenolic OH excluding ortho intramolecular Hbond substituents is 2. The molecule has 1 rings (SSSR count). The maximum absolute atomic E-state index is 12.2. The highest BCUT2D eigenvalue weighted by Crippen LogP contribution is 2.20. The van der Waals surface area contributed by atoms with Gasteiger partial charge in [-0.2, -0.15) is 0 Å². The van der Waals surface area contributed by atoms with Crippen LogP contribution in [0.25, 0.3) is 0 Å². The predicted molar refractivity (Wildman–Crippen MR) is 79.0 cm³/mol. The average Bonchev–Trinajstić information content (AvgIpc) is 2.25. The van der Waals surface area contributed by atoms with Gasteiger partial charge in [0, 0.05) is 24.2 Å². The van der Waals surface area contributed by atoms with E-state index < -0.39 is 0 Å². The second-order valence-corrected chi connectivity index (χ2v) is 5.80. The Kier molecular flexibility index (Phi) is 5.82. The molecule has 3 N–H and O–H groups in total. The molecule has 0 aromatic heterocycles. The zero-order valence-electron chi connectivity index (χ0n) is 12.6. The number of nitrogens with zero attached hydrogens (tertiary/aromatic N) is 1. The summed E-state index contributed by atoms with van der Waals surface area (Å²) in [5, 5.41) is 21.8. The first-order valence-electron chi connectivity index (χ1n) is 6.76. The Bertz CT molecular complexity index is 428. The number of hydrogen-bond acceptors (Lipinski definition) is 4. The van der Waals surface area contributed by atoms with Crippen molar-refractivity contribution in [3.05, 3.63) is 23.8 Å². The van der Waals surface area contributed by atoms with Gasteiger partial charge in [0.1, 0.15) is 11.5 Å². The Hall–Kier alpha value is -1.75. The Morgan fingerprint density at radius 3 is 2.20 bits per heavy atom. The van der Waals surface area contributed by atoms with Crippen molar-refractivity contribution in [1.82, 2.24) is 10.2 Å². The van der Waals surface area contributed by atoms with Crippen LogP contribution in [0.2, 0.25) is 0 Å². The molecule has 0 spiro atoms. The molecule has 0 bridgehead atoms. The molecule has 0 radical (unpaired) electrons. The van der Waals surface area contributed by atoms with Crippen LogP contribution in [-0.4, -0.2) is 47.7 Å². The molecule has 1 aromatic carbocycles. The molecule has 0 heterocycles. The van der Waals surface area contributed by atoms with Crippen molar-refractivity contribution in [3.63, 3.8) is 0 Å². The smallest absolute Gasteiger partial charge is 0.251 e. The number of amides is 1. The largest absolute Gasteiger partial charge is 0.508 e. The molecule has 5 nitrogen and oxygen atoms in total. The van der Waals surface area contributed by atoms with Gasteiger partial charge < -0.3 is 20.4 Å². The van der Waals surface area contributed by atoms with Gasteiger partial charge in [-0.05, 0) is 38.6 Å². The molecule has 0 aliphatic heterocycles. The molecule has 0 aliphatic rings. The van der Waals surface area contributed by atoms with E-state index in [1.807, 2.05) is 19.0 Å². The molecule has 0 fully saturated rings. The van der Waals surface area contributed by atoms with Gasteiger partial charge in [-0.3, -0.25) is 4.79 Å². The van der Waals surface area contributed by atoms with E-state index in [4.69, 9.17) is 0 Å². The number of phenols is 2. The van der Waals surface area contributed by atoms with Gasteiger partial charge in [0.25, 0.3) is 5.91 Å². The lowest BCUT2D eigenvalue weighted by molar-refractivity contribution is 0.0923. The van der Waals surface area contributed by atoms with Crippen LogP contribution in [0, 0.1) is 5.92 Å². The molecule has 20 heavy (non-hydrogen) atoms. The van der Waals surface area contributed by atoms with Gasteiger partial charge in [0.05, 0.1) is 0 Å². The van der Waals surface area contributed by atoms with Crippen LogP contribution >= 0.6 is 0 Å². The van der Waals surface area contributed by atoms with Gasteiger partial charge in [-0.15, -0.1) is 0 Å². The lowest BCUT2D eigenvalue weighted by Gasteiger charge is -2.24. The summed E-state index contributed by atoms with van der Waals surface area (Å²) in [7, 11) is 3.92. The minimum absolute atomic E-state index is 0.0296. The van der Waals surface area contributed by atoms with Crippen LogP contribution in [-0.2, 0) is 0 Å². The van der Waals surface area contributed by atoms with Crippen LogP contribution in [0.4, 0.5) is 0 Å². The monoisotopic (exact) mass is 280 g/mol. The van der Waals surface area contributed by atoms with E-state index in [2.05, 4.69) is 19.2 Å². The summed E-state index contributed by atoms with van der Waals surface area (Å²) in [5.74, 6) is -0.0622. The number of carbonyl (C=O) groups is 1.